The Balaban J connectivity index is 1.19. The number of ether oxygens (including phenoxy) is 1. The van der Waals surface area contributed by atoms with Gasteiger partial charge in [0.2, 0.25) is 0 Å². The van der Waals surface area contributed by atoms with Crippen molar-refractivity contribution in [1.82, 2.24) is 25.2 Å². The number of carbonyl (C=O) groups is 1. The molecule has 3 aromatic rings. The Morgan fingerprint density at radius 3 is 3.03 bits per heavy atom. The van der Waals surface area contributed by atoms with Gasteiger partial charge in [-0.15, -0.1) is 11.3 Å². The number of imidazole rings is 1. The number of unbranched alkanes of at least 4 members (excludes halogenated alkanes) is 1. The maximum absolute atomic E-state index is 12.3. The molecule has 2 N–H and O–H groups in total. The van der Waals surface area contributed by atoms with E-state index in [1.54, 1.807) is 11.3 Å². The number of morpholine rings is 1. The van der Waals surface area contributed by atoms with E-state index in [-0.39, 0.29) is 12.0 Å². The van der Waals surface area contributed by atoms with Crippen LogP contribution in [0.2, 0.25) is 0 Å². The summed E-state index contributed by atoms with van der Waals surface area (Å²) in [6, 6.07) is 8.09. The van der Waals surface area contributed by atoms with E-state index < -0.39 is 0 Å². The summed E-state index contributed by atoms with van der Waals surface area (Å²) >= 11 is 1.55. The van der Waals surface area contributed by atoms with Crippen LogP contribution in [-0.4, -0.2) is 65.2 Å². The van der Waals surface area contributed by atoms with Gasteiger partial charge in [-0.1, -0.05) is 12.1 Å². The van der Waals surface area contributed by atoms with E-state index in [2.05, 4.69) is 32.2 Å². The molecule has 1 aliphatic heterocycles. The zero-order chi connectivity index (χ0) is 20.1. The van der Waals surface area contributed by atoms with Gasteiger partial charge in [0.15, 0.2) is 0 Å². The number of benzene rings is 1. The summed E-state index contributed by atoms with van der Waals surface area (Å²) in [6.07, 6.45) is 3.91. The molecule has 2 aromatic heterocycles. The van der Waals surface area contributed by atoms with Gasteiger partial charge in [-0.2, -0.15) is 0 Å². The first kappa shape index (κ1) is 20.0. The molecular weight excluding hydrogens is 386 g/mol. The number of H-pyrrole nitrogens is 1. The molecule has 1 saturated heterocycles. The summed E-state index contributed by atoms with van der Waals surface area (Å²) in [5.41, 5.74) is 2.61. The fraction of sp³-hybridized carbons (Fsp3) is 0.476. The lowest BCUT2D eigenvalue weighted by atomic mass is 10.2. The van der Waals surface area contributed by atoms with E-state index in [1.165, 1.54) is 0 Å². The van der Waals surface area contributed by atoms with Crippen LogP contribution >= 0.6 is 11.3 Å². The summed E-state index contributed by atoms with van der Waals surface area (Å²) < 4.78 is 5.68. The van der Waals surface area contributed by atoms with Gasteiger partial charge in [0.1, 0.15) is 11.5 Å². The molecule has 8 heteroatoms. The minimum atomic E-state index is -0.119. The van der Waals surface area contributed by atoms with Crippen LogP contribution in [0.3, 0.4) is 0 Å². The third kappa shape index (κ3) is 5.41. The molecule has 4 rings (SSSR count). The second-order valence-corrected chi connectivity index (χ2v) is 8.44. The summed E-state index contributed by atoms with van der Waals surface area (Å²) in [5.74, 6) is 0.910. The highest BCUT2D eigenvalue weighted by atomic mass is 32.1. The third-order valence-electron chi connectivity index (χ3n) is 5.11. The number of likely N-dealkylation sites (N-methyl/N-ethyl adjacent to an activating group) is 1. The average molecular weight is 414 g/mol. The number of aromatic nitrogens is 3. The van der Waals surface area contributed by atoms with Gasteiger partial charge < -0.3 is 19.9 Å². The van der Waals surface area contributed by atoms with Gasteiger partial charge in [-0.25, -0.2) is 9.97 Å². The maximum atomic E-state index is 12.3. The molecule has 1 aliphatic rings. The molecule has 1 atom stereocenters. The van der Waals surface area contributed by atoms with Crippen molar-refractivity contribution in [2.75, 3.05) is 33.3 Å². The average Bonchev–Trinajstić information content (AvgIpc) is 3.36. The number of thiazole rings is 1. The summed E-state index contributed by atoms with van der Waals surface area (Å²) in [7, 11) is 2.07. The molecule has 0 radical (unpaired) electrons. The Labute approximate surface area is 174 Å². The van der Waals surface area contributed by atoms with Gasteiger partial charge in [0.25, 0.3) is 5.91 Å². The van der Waals surface area contributed by atoms with Crippen molar-refractivity contribution >= 4 is 28.3 Å². The van der Waals surface area contributed by atoms with Crippen LogP contribution in [0.1, 0.15) is 34.2 Å². The van der Waals surface area contributed by atoms with Crippen LogP contribution in [0.4, 0.5) is 0 Å². The fourth-order valence-electron chi connectivity index (χ4n) is 3.51. The SMILES string of the molecule is CN1CCOC(CNC(=O)c2csc(CCCCc3nc4ccccc4[nH]3)n2)C1. The predicted molar refractivity (Wildman–Crippen MR) is 114 cm³/mol. The second kappa shape index (κ2) is 9.47. The molecule has 1 aromatic carbocycles. The number of para-hydroxylation sites is 2. The normalized spacial score (nSPS) is 17.6. The molecule has 1 unspecified atom stereocenters. The molecule has 1 amide bonds. The van der Waals surface area contributed by atoms with Crippen molar-refractivity contribution in [1.29, 1.82) is 0 Å². The molecule has 7 nitrogen and oxygen atoms in total. The van der Waals surface area contributed by atoms with Gasteiger partial charge >= 0.3 is 0 Å². The van der Waals surface area contributed by atoms with Gasteiger partial charge in [-0.3, -0.25) is 4.79 Å². The number of fused-ring (bicyclic) bond motifs is 1. The van der Waals surface area contributed by atoms with Crippen LogP contribution in [0.15, 0.2) is 29.6 Å². The first-order chi connectivity index (χ1) is 14.2. The lowest BCUT2D eigenvalue weighted by Gasteiger charge is -2.29. The summed E-state index contributed by atoms with van der Waals surface area (Å²) in [4.78, 5) is 27.0. The van der Waals surface area contributed by atoms with E-state index in [1.807, 2.05) is 29.6 Å². The van der Waals surface area contributed by atoms with Crippen LogP contribution < -0.4 is 5.32 Å². The minimum absolute atomic E-state index is 0.0501. The molecule has 3 heterocycles. The Kier molecular flexibility index (Phi) is 6.53. The van der Waals surface area contributed by atoms with E-state index in [0.717, 1.165) is 60.6 Å². The van der Waals surface area contributed by atoms with Gasteiger partial charge in [0.05, 0.1) is 28.8 Å². The quantitative estimate of drug-likeness (QED) is 0.555. The first-order valence-electron chi connectivity index (χ1n) is 10.1. The highest BCUT2D eigenvalue weighted by molar-refractivity contribution is 7.09. The molecule has 154 valence electrons. The van der Waals surface area contributed by atoms with Crippen molar-refractivity contribution in [3.8, 4) is 0 Å². The number of carbonyl (C=O) groups excluding carboxylic acids is 1. The van der Waals surface area contributed by atoms with Crippen molar-refractivity contribution in [2.45, 2.75) is 31.8 Å². The highest BCUT2D eigenvalue weighted by Gasteiger charge is 2.19. The van der Waals surface area contributed by atoms with Gasteiger partial charge in [0, 0.05) is 31.4 Å². The zero-order valence-electron chi connectivity index (χ0n) is 16.7. The van der Waals surface area contributed by atoms with E-state index in [9.17, 15) is 4.79 Å². The number of hydrogen-bond donors (Lipinski definition) is 2. The van der Waals surface area contributed by atoms with Crippen LogP contribution in [0.25, 0.3) is 11.0 Å². The van der Waals surface area contributed by atoms with Gasteiger partial charge in [-0.05, 0) is 38.4 Å². The molecule has 0 aliphatic carbocycles. The lowest BCUT2D eigenvalue weighted by Crippen LogP contribution is -2.45. The Bertz CT molecular complexity index is 920. The standard InChI is InChI=1S/C21H27N5O2S/c1-26-10-11-28-15(13-26)12-22-21(27)18-14-29-20(25-18)9-5-4-8-19-23-16-6-2-3-7-17(16)24-19/h2-3,6-7,14-15H,4-5,8-13H2,1H3,(H,22,27)(H,23,24). The smallest absolute Gasteiger partial charge is 0.270 e. The number of nitrogens with zero attached hydrogens (tertiary/aromatic N) is 3. The Morgan fingerprint density at radius 2 is 2.17 bits per heavy atom. The number of hydrogen-bond acceptors (Lipinski definition) is 6. The van der Waals surface area contributed by atoms with E-state index in [0.29, 0.717) is 18.8 Å². The van der Waals surface area contributed by atoms with Crippen LogP contribution in [0.5, 0.6) is 0 Å². The zero-order valence-corrected chi connectivity index (χ0v) is 17.5. The van der Waals surface area contributed by atoms with Crippen LogP contribution in [-0.2, 0) is 17.6 Å². The van der Waals surface area contributed by atoms with Crippen molar-refractivity contribution < 1.29 is 9.53 Å². The van der Waals surface area contributed by atoms with Crippen molar-refractivity contribution in [2.24, 2.45) is 0 Å². The largest absolute Gasteiger partial charge is 0.374 e. The maximum Gasteiger partial charge on any atom is 0.270 e. The minimum Gasteiger partial charge on any atom is -0.374 e. The number of amides is 1. The number of aromatic amines is 1. The molecule has 0 saturated carbocycles. The monoisotopic (exact) mass is 413 g/mol. The van der Waals surface area contributed by atoms with E-state index in [4.69, 9.17) is 4.74 Å². The molecule has 0 bridgehead atoms. The number of nitrogens with one attached hydrogen (secondary N) is 2. The predicted octanol–water partition coefficient (Wildman–Crippen LogP) is 2.65. The Hall–Kier alpha value is -2.29. The fourth-order valence-corrected chi connectivity index (χ4v) is 4.33. The number of rotatable bonds is 8. The summed E-state index contributed by atoms with van der Waals surface area (Å²) in [6.45, 7) is 3.02. The molecular formula is C21H27N5O2S. The third-order valence-corrected chi connectivity index (χ3v) is 6.02. The Morgan fingerprint density at radius 1 is 1.31 bits per heavy atom. The second-order valence-electron chi connectivity index (χ2n) is 7.50. The highest BCUT2D eigenvalue weighted by Crippen LogP contribution is 2.15. The van der Waals surface area contributed by atoms with Crippen molar-refractivity contribution in [3.63, 3.8) is 0 Å². The topological polar surface area (TPSA) is 83.1 Å². The van der Waals surface area contributed by atoms with Crippen LogP contribution in [0, 0.1) is 0 Å². The summed E-state index contributed by atoms with van der Waals surface area (Å²) in [5, 5.41) is 5.80. The molecule has 1 fully saturated rings. The first-order valence-corrected chi connectivity index (χ1v) is 11.0. The van der Waals surface area contributed by atoms with Crippen molar-refractivity contribution in [3.05, 3.63) is 46.2 Å². The molecule has 29 heavy (non-hydrogen) atoms. The lowest BCUT2D eigenvalue weighted by molar-refractivity contribution is -0.0175. The molecule has 0 spiro atoms. The van der Waals surface area contributed by atoms with E-state index >= 15 is 0 Å². The number of aryl methyl sites for hydroxylation is 2.